The SMILES string of the molecule is COc1ccccc1-c1cnoc1C=O. The summed E-state index contributed by atoms with van der Waals surface area (Å²) in [6, 6.07) is 7.38. The lowest BCUT2D eigenvalue weighted by Crippen LogP contribution is -1.88. The van der Waals surface area contributed by atoms with Gasteiger partial charge in [-0.05, 0) is 6.07 Å². The highest BCUT2D eigenvalue weighted by atomic mass is 16.5. The molecule has 4 heteroatoms. The van der Waals surface area contributed by atoms with Crippen LogP contribution in [0.4, 0.5) is 0 Å². The minimum atomic E-state index is 0.208. The molecule has 2 aromatic rings. The van der Waals surface area contributed by atoms with Crippen molar-refractivity contribution < 1.29 is 14.1 Å². The van der Waals surface area contributed by atoms with Gasteiger partial charge >= 0.3 is 0 Å². The standard InChI is InChI=1S/C11H9NO3/c1-14-10-5-3-2-4-8(10)9-6-12-15-11(9)7-13/h2-7H,1H3. The molecular weight excluding hydrogens is 194 g/mol. The van der Waals surface area contributed by atoms with Gasteiger partial charge in [-0.1, -0.05) is 23.4 Å². The van der Waals surface area contributed by atoms with Crippen LogP contribution in [-0.2, 0) is 0 Å². The van der Waals surface area contributed by atoms with Gasteiger partial charge in [-0.25, -0.2) is 0 Å². The van der Waals surface area contributed by atoms with Crippen molar-refractivity contribution in [3.05, 3.63) is 36.2 Å². The molecule has 0 fully saturated rings. The molecule has 0 unspecified atom stereocenters. The van der Waals surface area contributed by atoms with Gasteiger partial charge in [0.15, 0.2) is 6.29 Å². The van der Waals surface area contributed by atoms with E-state index < -0.39 is 0 Å². The normalized spacial score (nSPS) is 9.93. The molecule has 0 amide bonds. The second-order valence-corrected chi connectivity index (χ2v) is 2.92. The summed E-state index contributed by atoms with van der Waals surface area (Å²) >= 11 is 0. The Balaban J connectivity index is 2.58. The van der Waals surface area contributed by atoms with E-state index >= 15 is 0 Å². The number of aromatic nitrogens is 1. The van der Waals surface area contributed by atoms with Crippen molar-refractivity contribution in [3.8, 4) is 16.9 Å². The van der Waals surface area contributed by atoms with Crippen LogP contribution < -0.4 is 4.74 Å². The summed E-state index contributed by atoms with van der Waals surface area (Å²) in [5.41, 5.74) is 1.44. The fourth-order valence-corrected chi connectivity index (χ4v) is 1.40. The van der Waals surface area contributed by atoms with E-state index in [0.717, 1.165) is 5.56 Å². The summed E-state index contributed by atoms with van der Waals surface area (Å²) in [5.74, 6) is 0.892. The molecule has 1 aromatic carbocycles. The smallest absolute Gasteiger partial charge is 0.207 e. The first-order valence-corrected chi connectivity index (χ1v) is 4.40. The minimum absolute atomic E-state index is 0.208. The lowest BCUT2D eigenvalue weighted by atomic mass is 10.1. The largest absolute Gasteiger partial charge is 0.496 e. The molecule has 2 rings (SSSR count). The summed E-state index contributed by atoms with van der Waals surface area (Å²) < 4.78 is 9.98. The average molecular weight is 203 g/mol. The molecule has 1 aromatic heterocycles. The molecule has 0 radical (unpaired) electrons. The number of para-hydroxylation sites is 1. The van der Waals surface area contributed by atoms with Gasteiger partial charge in [-0.3, -0.25) is 4.79 Å². The van der Waals surface area contributed by atoms with E-state index in [-0.39, 0.29) is 5.76 Å². The fourth-order valence-electron chi connectivity index (χ4n) is 1.40. The van der Waals surface area contributed by atoms with Gasteiger partial charge in [0.2, 0.25) is 5.76 Å². The van der Waals surface area contributed by atoms with Crippen molar-refractivity contribution in [2.24, 2.45) is 0 Å². The number of nitrogens with zero attached hydrogens (tertiary/aromatic N) is 1. The Morgan fingerprint density at radius 1 is 1.33 bits per heavy atom. The van der Waals surface area contributed by atoms with Crippen molar-refractivity contribution in [3.63, 3.8) is 0 Å². The molecular formula is C11H9NO3. The molecule has 76 valence electrons. The monoisotopic (exact) mass is 203 g/mol. The Hall–Kier alpha value is -2.10. The zero-order chi connectivity index (χ0) is 10.7. The van der Waals surface area contributed by atoms with E-state index in [0.29, 0.717) is 17.6 Å². The fraction of sp³-hybridized carbons (Fsp3) is 0.0909. The Labute approximate surface area is 86.5 Å². The van der Waals surface area contributed by atoms with Crippen LogP contribution in [0.15, 0.2) is 35.0 Å². The molecule has 0 saturated heterocycles. The Kier molecular flexibility index (Phi) is 2.49. The molecule has 0 N–H and O–H groups in total. The third-order valence-corrected chi connectivity index (χ3v) is 2.10. The second-order valence-electron chi connectivity index (χ2n) is 2.92. The van der Waals surface area contributed by atoms with E-state index in [9.17, 15) is 4.79 Å². The highest BCUT2D eigenvalue weighted by Crippen LogP contribution is 2.31. The van der Waals surface area contributed by atoms with Crippen molar-refractivity contribution in [1.29, 1.82) is 0 Å². The van der Waals surface area contributed by atoms with Crippen LogP contribution in [-0.4, -0.2) is 18.6 Å². The number of aldehydes is 1. The van der Waals surface area contributed by atoms with Crippen LogP contribution >= 0.6 is 0 Å². The van der Waals surface area contributed by atoms with Crippen LogP contribution in [0.2, 0.25) is 0 Å². The first-order valence-electron chi connectivity index (χ1n) is 4.40. The lowest BCUT2D eigenvalue weighted by Gasteiger charge is -2.05. The topological polar surface area (TPSA) is 52.3 Å². The molecule has 4 nitrogen and oxygen atoms in total. The molecule has 0 aliphatic rings. The van der Waals surface area contributed by atoms with Gasteiger partial charge in [-0.15, -0.1) is 0 Å². The van der Waals surface area contributed by atoms with Crippen LogP contribution in [0.25, 0.3) is 11.1 Å². The number of carbonyl (C=O) groups is 1. The van der Waals surface area contributed by atoms with Crippen LogP contribution in [0.1, 0.15) is 10.6 Å². The van der Waals surface area contributed by atoms with Crippen LogP contribution in [0, 0.1) is 0 Å². The van der Waals surface area contributed by atoms with E-state index in [1.165, 1.54) is 6.20 Å². The van der Waals surface area contributed by atoms with Gasteiger partial charge in [-0.2, -0.15) is 0 Å². The molecule has 0 aliphatic carbocycles. The maximum Gasteiger partial charge on any atom is 0.207 e. The summed E-state index contributed by atoms with van der Waals surface area (Å²) in [5, 5.41) is 3.58. The number of hydrogen-bond donors (Lipinski definition) is 0. The highest BCUT2D eigenvalue weighted by molar-refractivity contribution is 5.85. The molecule has 0 atom stereocenters. The summed E-state index contributed by atoms with van der Waals surface area (Å²) in [6.07, 6.45) is 2.14. The Morgan fingerprint density at radius 2 is 2.13 bits per heavy atom. The van der Waals surface area contributed by atoms with Crippen molar-refractivity contribution in [1.82, 2.24) is 5.16 Å². The molecule has 0 aliphatic heterocycles. The van der Waals surface area contributed by atoms with Crippen molar-refractivity contribution in [2.45, 2.75) is 0 Å². The van der Waals surface area contributed by atoms with E-state index in [1.54, 1.807) is 7.11 Å². The van der Waals surface area contributed by atoms with Crippen molar-refractivity contribution >= 4 is 6.29 Å². The van der Waals surface area contributed by atoms with E-state index in [1.807, 2.05) is 24.3 Å². The third kappa shape index (κ3) is 1.61. The highest BCUT2D eigenvalue weighted by Gasteiger charge is 2.12. The van der Waals surface area contributed by atoms with Crippen LogP contribution in [0.3, 0.4) is 0 Å². The maximum atomic E-state index is 10.7. The molecule has 1 heterocycles. The van der Waals surface area contributed by atoms with Gasteiger partial charge in [0.05, 0.1) is 18.9 Å². The Morgan fingerprint density at radius 3 is 2.87 bits per heavy atom. The number of methoxy groups -OCH3 is 1. The Bertz CT molecular complexity index is 476. The minimum Gasteiger partial charge on any atom is -0.496 e. The van der Waals surface area contributed by atoms with Gasteiger partial charge in [0, 0.05) is 5.56 Å². The molecule has 15 heavy (non-hydrogen) atoms. The number of hydrogen-bond acceptors (Lipinski definition) is 4. The number of ether oxygens (including phenoxy) is 1. The number of rotatable bonds is 3. The van der Waals surface area contributed by atoms with Gasteiger partial charge in [0.25, 0.3) is 0 Å². The number of benzene rings is 1. The predicted octanol–water partition coefficient (Wildman–Crippen LogP) is 2.16. The maximum absolute atomic E-state index is 10.7. The molecule has 0 spiro atoms. The summed E-state index contributed by atoms with van der Waals surface area (Å²) in [6.45, 7) is 0. The second kappa shape index (κ2) is 3.96. The van der Waals surface area contributed by atoms with Crippen molar-refractivity contribution in [2.75, 3.05) is 7.11 Å². The summed E-state index contributed by atoms with van der Waals surface area (Å²) in [4.78, 5) is 10.7. The number of carbonyl (C=O) groups excluding carboxylic acids is 1. The van der Waals surface area contributed by atoms with Gasteiger partial charge in [0.1, 0.15) is 5.75 Å². The molecule has 0 saturated carbocycles. The average Bonchev–Trinajstić information content (AvgIpc) is 2.76. The third-order valence-electron chi connectivity index (χ3n) is 2.10. The van der Waals surface area contributed by atoms with E-state index in [2.05, 4.69) is 5.16 Å². The predicted molar refractivity (Wildman–Crippen MR) is 53.9 cm³/mol. The van der Waals surface area contributed by atoms with Crippen LogP contribution in [0.5, 0.6) is 5.75 Å². The van der Waals surface area contributed by atoms with E-state index in [4.69, 9.17) is 9.26 Å². The first-order chi connectivity index (χ1) is 7.36. The summed E-state index contributed by atoms with van der Waals surface area (Å²) in [7, 11) is 1.58. The quantitative estimate of drug-likeness (QED) is 0.717. The first kappa shape index (κ1) is 9.45. The zero-order valence-corrected chi connectivity index (χ0v) is 8.14. The lowest BCUT2D eigenvalue weighted by molar-refractivity contribution is 0.109. The zero-order valence-electron chi connectivity index (χ0n) is 8.14. The van der Waals surface area contributed by atoms with Gasteiger partial charge < -0.3 is 9.26 Å². The molecule has 0 bridgehead atoms.